The first-order valence-electron chi connectivity index (χ1n) is 3.11. The van der Waals surface area contributed by atoms with Crippen LogP contribution in [-0.2, 0) is 0 Å². The van der Waals surface area contributed by atoms with E-state index in [1.807, 2.05) is 50.1 Å². The highest BCUT2D eigenvalue weighted by Gasteiger charge is 1.89. The van der Waals surface area contributed by atoms with Gasteiger partial charge in [-0.2, -0.15) is 0 Å². The Bertz CT molecular complexity index is 155. The van der Waals surface area contributed by atoms with E-state index >= 15 is 0 Å². The molecule has 0 heterocycles. The number of allylic oxidation sites excluding steroid dienone is 1. The second-order valence-electron chi connectivity index (χ2n) is 2.61. The minimum Gasteiger partial charge on any atom is -0.382 e. The normalized spacial score (nSPS) is 11.1. The smallest absolute Gasteiger partial charge is 0.177 e. The maximum atomic E-state index is 4.23. The number of thiol groups is 1. The first-order valence-corrected chi connectivity index (χ1v) is 3.55. The fraction of sp³-hybridized carbons (Fsp3) is 0.571. The molecule has 58 valence electrons. The maximum Gasteiger partial charge on any atom is 0.177 e. The molecule has 0 atom stereocenters. The fourth-order valence-corrected chi connectivity index (χ4v) is 1.02. The standard InChI is InChI=1S/C7H14N2S/c1-8(2)5-7(10)6-9(3)4/h5-6H,1-4H3/p+1. The van der Waals surface area contributed by atoms with Crippen molar-refractivity contribution in [3.05, 3.63) is 11.1 Å². The van der Waals surface area contributed by atoms with Crippen molar-refractivity contribution in [3.8, 4) is 0 Å². The molecule has 0 saturated heterocycles. The van der Waals surface area contributed by atoms with Gasteiger partial charge in [0.1, 0.15) is 14.1 Å². The summed E-state index contributed by atoms with van der Waals surface area (Å²) in [6.45, 7) is 0. The molecule has 0 aliphatic heterocycles. The van der Waals surface area contributed by atoms with E-state index in [4.69, 9.17) is 0 Å². The molecular formula is C7H15N2S+. The van der Waals surface area contributed by atoms with Crippen molar-refractivity contribution in [1.29, 1.82) is 0 Å². The molecule has 0 aliphatic rings. The Morgan fingerprint density at radius 1 is 1.40 bits per heavy atom. The largest absolute Gasteiger partial charge is 0.382 e. The SMILES string of the molecule is CN(C)/C=C(/S)C=[N+](C)C. The molecule has 0 saturated carbocycles. The first-order chi connectivity index (χ1) is 4.52. The van der Waals surface area contributed by atoms with Gasteiger partial charge in [-0.05, 0) is 0 Å². The minimum atomic E-state index is 0.954. The molecule has 2 nitrogen and oxygen atoms in total. The van der Waals surface area contributed by atoms with Crippen molar-refractivity contribution in [2.75, 3.05) is 28.2 Å². The Balaban J connectivity index is 4.08. The van der Waals surface area contributed by atoms with Crippen molar-refractivity contribution in [1.82, 2.24) is 4.90 Å². The van der Waals surface area contributed by atoms with Gasteiger partial charge < -0.3 is 4.90 Å². The molecule has 0 aromatic heterocycles. The van der Waals surface area contributed by atoms with E-state index in [-0.39, 0.29) is 0 Å². The van der Waals surface area contributed by atoms with Crippen molar-refractivity contribution < 1.29 is 4.58 Å². The predicted molar refractivity (Wildman–Crippen MR) is 48.9 cm³/mol. The summed E-state index contributed by atoms with van der Waals surface area (Å²) in [6, 6.07) is 0. The van der Waals surface area contributed by atoms with Gasteiger partial charge in [0, 0.05) is 20.3 Å². The van der Waals surface area contributed by atoms with Gasteiger partial charge in [0.25, 0.3) is 0 Å². The monoisotopic (exact) mass is 159 g/mol. The van der Waals surface area contributed by atoms with E-state index in [2.05, 4.69) is 12.6 Å². The van der Waals surface area contributed by atoms with Gasteiger partial charge in [0.15, 0.2) is 6.21 Å². The molecule has 0 aromatic rings. The van der Waals surface area contributed by atoms with Gasteiger partial charge in [-0.25, -0.2) is 4.58 Å². The Morgan fingerprint density at radius 3 is 2.20 bits per heavy atom. The molecule has 0 bridgehead atoms. The average Bonchev–Trinajstić information content (AvgIpc) is 1.58. The van der Waals surface area contributed by atoms with Crippen LogP contribution in [0.15, 0.2) is 11.1 Å². The number of hydrogen-bond acceptors (Lipinski definition) is 2. The molecule has 0 amide bonds. The summed E-state index contributed by atoms with van der Waals surface area (Å²) in [5, 5.41) is 0. The summed E-state index contributed by atoms with van der Waals surface area (Å²) in [7, 11) is 7.89. The molecule has 0 spiro atoms. The van der Waals surface area contributed by atoms with Gasteiger partial charge in [0.2, 0.25) is 0 Å². The molecular weight excluding hydrogens is 144 g/mol. The van der Waals surface area contributed by atoms with Crippen LogP contribution in [0.3, 0.4) is 0 Å². The van der Waals surface area contributed by atoms with Crippen LogP contribution >= 0.6 is 12.6 Å². The molecule has 0 N–H and O–H groups in total. The van der Waals surface area contributed by atoms with E-state index < -0.39 is 0 Å². The maximum absolute atomic E-state index is 4.23. The van der Waals surface area contributed by atoms with Crippen molar-refractivity contribution >= 4 is 18.8 Å². The van der Waals surface area contributed by atoms with Crippen molar-refractivity contribution in [3.63, 3.8) is 0 Å². The fourth-order valence-electron chi connectivity index (χ4n) is 0.562. The third kappa shape index (κ3) is 5.69. The minimum absolute atomic E-state index is 0.954. The third-order valence-corrected chi connectivity index (χ3v) is 1.01. The van der Waals surface area contributed by atoms with Crippen LogP contribution in [0, 0.1) is 0 Å². The van der Waals surface area contributed by atoms with E-state index in [1.54, 1.807) is 0 Å². The van der Waals surface area contributed by atoms with E-state index in [1.165, 1.54) is 0 Å². The zero-order chi connectivity index (χ0) is 8.15. The molecule has 0 radical (unpaired) electrons. The summed E-state index contributed by atoms with van der Waals surface area (Å²) in [4.78, 5) is 2.91. The molecule has 3 heteroatoms. The average molecular weight is 159 g/mol. The molecule has 0 rings (SSSR count). The lowest BCUT2D eigenvalue weighted by atomic mass is 10.6. The Kier molecular flexibility index (Phi) is 4.19. The molecule has 0 aliphatic carbocycles. The zero-order valence-electron chi connectivity index (χ0n) is 7.00. The number of rotatable bonds is 2. The van der Waals surface area contributed by atoms with E-state index in [0.29, 0.717) is 0 Å². The van der Waals surface area contributed by atoms with Crippen LogP contribution in [0.25, 0.3) is 0 Å². The Hall–Kier alpha value is -0.440. The quantitative estimate of drug-likeness (QED) is 0.353. The molecule has 0 aromatic carbocycles. The van der Waals surface area contributed by atoms with Crippen molar-refractivity contribution in [2.24, 2.45) is 0 Å². The second-order valence-corrected chi connectivity index (χ2v) is 3.13. The topological polar surface area (TPSA) is 6.25 Å². The van der Waals surface area contributed by atoms with Gasteiger partial charge in [-0.1, -0.05) is 0 Å². The van der Waals surface area contributed by atoms with E-state index in [9.17, 15) is 0 Å². The lowest BCUT2D eigenvalue weighted by Crippen LogP contribution is -2.04. The Morgan fingerprint density at radius 2 is 1.90 bits per heavy atom. The first kappa shape index (κ1) is 9.56. The lowest BCUT2D eigenvalue weighted by molar-refractivity contribution is -0.458. The summed E-state index contributed by atoms with van der Waals surface area (Å²) in [5.74, 6) is 0. The zero-order valence-corrected chi connectivity index (χ0v) is 7.89. The Labute approximate surface area is 68.3 Å². The molecule has 10 heavy (non-hydrogen) atoms. The van der Waals surface area contributed by atoms with Gasteiger partial charge in [0.05, 0.1) is 4.91 Å². The number of hydrogen-bond donors (Lipinski definition) is 1. The summed E-state index contributed by atoms with van der Waals surface area (Å²) in [5.41, 5.74) is 0. The van der Waals surface area contributed by atoms with Crippen LogP contribution in [0.1, 0.15) is 0 Å². The highest BCUT2D eigenvalue weighted by molar-refractivity contribution is 7.85. The van der Waals surface area contributed by atoms with Crippen LogP contribution < -0.4 is 0 Å². The number of nitrogens with zero attached hydrogens (tertiary/aromatic N) is 2. The second kappa shape index (κ2) is 4.39. The van der Waals surface area contributed by atoms with Gasteiger partial charge in [-0.15, -0.1) is 12.6 Å². The predicted octanol–water partition coefficient (Wildman–Crippen LogP) is 0.662. The molecule has 0 fully saturated rings. The summed E-state index contributed by atoms with van der Waals surface area (Å²) >= 11 is 4.23. The third-order valence-electron chi connectivity index (χ3n) is 0.781. The van der Waals surface area contributed by atoms with Crippen molar-refractivity contribution in [2.45, 2.75) is 0 Å². The summed E-state index contributed by atoms with van der Waals surface area (Å²) < 4.78 is 1.96. The van der Waals surface area contributed by atoms with Crippen LogP contribution in [0.5, 0.6) is 0 Å². The van der Waals surface area contributed by atoms with Gasteiger partial charge >= 0.3 is 0 Å². The summed E-state index contributed by atoms with van der Waals surface area (Å²) in [6.07, 6.45) is 3.90. The highest BCUT2D eigenvalue weighted by Crippen LogP contribution is 1.95. The highest BCUT2D eigenvalue weighted by atomic mass is 32.1. The van der Waals surface area contributed by atoms with Crippen LogP contribution in [-0.4, -0.2) is 43.9 Å². The molecule has 0 unspecified atom stereocenters. The van der Waals surface area contributed by atoms with E-state index in [0.717, 1.165) is 4.91 Å². The van der Waals surface area contributed by atoms with Gasteiger partial charge in [-0.3, -0.25) is 0 Å². The van der Waals surface area contributed by atoms with Crippen LogP contribution in [0.2, 0.25) is 0 Å². The lowest BCUT2D eigenvalue weighted by Gasteiger charge is -2.02. The van der Waals surface area contributed by atoms with Crippen LogP contribution in [0.4, 0.5) is 0 Å².